The van der Waals surface area contributed by atoms with Crippen molar-refractivity contribution in [2.45, 2.75) is 26.3 Å². The third-order valence-corrected chi connectivity index (χ3v) is 3.18. The van der Waals surface area contributed by atoms with E-state index in [2.05, 4.69) is 40.8 Å². The first kappa shape index (κ1) is 14.3. The predicted molar refractivity (Wildman–Crippen MR) is 76.4 cm³/mol. The van der Waals surface area contributed by atoms with Crippen molar-refractivity contribution >= 4 is 15.9 Å². The maximum atomic E-state index is 5.69. The minimum absolute atomic E-state index is 0.744. The van der Waals surface area contributed by atoms with Crippen LogP contribution in [0.4, 0.5) is 0 Å². The molecule has 1 aromatic rings. The highest BCUT2D eigenvalue weighted by atomic mass is 79.9. The highest BCUT2D eigenvalue weighted by Crippen LogP contribution is 2.22. The molecule has 0 fully saturated rings. The van der Waals surface area contributed by atoms with Gasteiger partial charge in [0.2, 0.25) is 0 Å². The zero-order chi connectivity index (χ0) is 12.5. The lowest BCUT2D eigenvalue weighted by molar-refractivity contribution is 0.311. The molecule has 2 nitrogen and oxygen atoms in total. The van der Waals surface area contributed by atoms with Gasteiger partial charge < -0.3 is 10.1 Å². The molecule has 0 unspecified atom stereocenters. The number of benzene rings is 1. The van der Waals surface area contributed by atoms with Crippen molar-refractivity contribution in [3.05, 3.63) is 40.9 Å². The van der Waals surface area contributed by atoms with Crippen molar-refractivity contribution in [2.24, 2.45) is 0 Å². The second-order valence-electron chi connectivity index (χ2n) is 3.81. The molecule has 3 heteroatoms. The number of halogens is 1. The van der Waals surface area contributed by atoms with E-state index in [4.69, 9.17) is 4.74 Å². The van der Waals surface area contributed by atoms with Gasteiger partial charge in [-0.15, -0.1) is 6.58 Å². The van der Waals surface area contributed by atoms with Gasteiger partial charge in [-0.2, -0.15) is 0 Å². The molecule has 0 spiro atoms. The SMILES string of the molecule is C=CCCCOc1ccc(Br)c(CNCC)c1. The molecule has 0 aromatic heterocycles. The molecule has 0 aliphatic carbocycles. The fourth-order valence-corrected chi connectivity index (χ4v) is 1.84. The molecule has 1 N–H and O–H groups in total. The standard InChI is InChI=1S/C14H20BrNO/c1-3-5-6-9-17-13-7-8-14(15)12(10-13)11-16-4-2/h3,7-8,10,16H,1,4-6,9,11H2,2H3. The van der Waals surface area contributed by atoms with E-state index in [0.29, 0.717) is 0 Å². The summed E-state index contributed by atoms with van der Waals surface area (Å²) in [6.45, 7) is 8.37. The molecule has 0 aliphatic heterocycles. The van der Waals surface area contributed by atoms with Crippen LogP contribution >= 0.6 is 15.9 Å². The Labute approximate surface area is 112 Å². The molecule has 94 valence electrons. The second-order valence-corrected chi connectivity index (χ2v) is 4.67. The van der Waals surface area contributed by atoms with Gasteiger partial charge in [-0.1, -0.05) is 28.9 Å². The van der Waals surface area contributed by atoms with Gasteiger partial charge in [0.25, 0.3) is 0 Å². The summed E-state index contributed by atoms with van der Waals surface area (Å²) in [4.78, 5) is 0. The van der Waals surface area contributed by atoms with E-state index in [1.807, 2.05) is 18.2 Å². The average Bonchev–Trinajstić information content (AvgIpc) is 2.35. The number of hydrogen-bond acceptors (Lipinski definition) is 2. The molecule has 0 saturated heterocycles. The first-order valence-corrected chi connectivity index (χ1v) is 6.80. The van der Waals surface area contributed by atoms with E-state index in [9.17, 15) is 0 Å². The quantitative estimate of drug-likeness (QED) is 0.580. The molecular formula is C14H20BrNO. The number of rotatable bonds is 8. The topological polar surface area (TPSA) is 21.3 Å². The Morgan fingerprint density at radius 2 is 2.29 bits per heavy atom. The Hall–Kier alpha value is -0.800. The fraction of sp³-hybridized carbons (Fsp3) is 0.429. The Balaban J connectivity index is 2.51. The van der Waals surface area contributed by atoms with Crippen LogP contribution in [0.15, 0.2) is 35.3 Å². The van der Waals surface area contributed by atoms with Crippen LogP contribution in [0, 0.1) is 0 Å². The van der Waals surface area contributed by atoms with Crippen molar-refractivity contribution < 1.29 is 4.74 Å². The minimum Gasteiger partial charge on any atom is -0.494 e. The third kappa shape index (κ3) is 5.37. The molecular weight excluding hydrogens is 278 g/mol. The van der Waals surface area contributed by atoms with Crippen LogP contribution in [-0.2, 0) is 6.54 Å². The second kappa shape index (κ2) is 8.31. The molecule has 0 bridgehead atoms. The van der Waals surface area contributed by atoms with Gasteiger partial charge in [0.05, 0.1) is 6.61 Å². The van der Waals surface area contributed by atoms with E-state index in [-0.39, 0.29) is 0 Å². The molecule has 0 amide bonds. The first-order chi connectivity index (χ1) is 8.27. The van der Waals surface area contributed by atoms with Crippen molar-refractivity contribution in [1.82, 2.24) is 5.32 Å². The summed E-state index contributed by atoms with van der Waals surface area (Å²) in [6.07, 6.45) is 3.93. The van der Waals surface area contributed by atoms with Crippen LogP contribution in [0.5, 0.6) is 5.75 Å². The lowest BCUT2D eigenvalue weighted by atomic mass is 10.2. The van der Waals surface area contributed by atoms with Crippen molar-refractivity contribution in [2.75, 3.05) is 13.2 Å². The highest BCUT2D eigenvalue weighted by molar-refractivity contribution is 9.10. The van der Waals surface area contributed by atoms with Crippen LogP contribution in [0.25, 0.3) is 0 Å². The molecule has 0 heterocycles. The molecule has 1 rings (SSSR count). The maximum Gasteiger partial charge on any atom is 0.119 e. The monoisotopic (exact) mass is 297 g/mol. The molecule has 0 radical (unpaired) electrons. The van der Waals surface area contributed by atoms with Crippen LogP contribution in [0.2, 0.25) is 0 Å². The highest BCUT2D eigenvalue weighted by Gasteiger charge is 2.02. The minimum atomic E-state index is 0.744. The molecule has 0 saturated carbocycles. The Morgan fingerprint density at radius 3 is 3.00 bits per heavy atom. The van der Waals surface area contributed by atoms with E-state index < -0.39 is 0 Å². The van der Waals surface area contributed by atoms with Crippen LogP contribution in [-0.4, -0.2) is 13.2 Å². The summed E-state index contributed by atoms with van der Waals surface area (Å²) in [6, 6.07) is 6.11. The van der Waals surface area contributed by atoms with E-state index in [1.165, 1.54) is 5.56 Å². The maximum absolute atomic E-state index is 5.69. The molecule has 17 heavy (non-hydrogen) atoms. The van der Waals surface area contributed by atoms with Gasteiger partial charge in [-0.25, -0.2) is 0 Å². The Bertz CT molecular complexity index is 352. The largest absolute Gasteiger partial charge is 0.494 e. The third-order valence-electron chi connectivity index (χ3n) is 2.40. The van der Waals surface area contributed by atoms with Crippen molar-refractivity contribution in [3.63, 3.8) is 0 Å². The summed E-state index contributed by atoms with van der Waals surface area (Å²) in [7, 11) is 0. The lowest BCUT2D eigenvalue weighted by Crippen LogP contribution is -2.12. The smallest absolute Gasteiger partial charge is 0.119 e. The number of hydrogen-bond donors (Lipinski definition) is 1. The van der Waals surface area contributed by atoms with Gasteiger partial charge in [0, 0.05) is 11.0 Å². The molecule has 0 aliphatic rings. The summed E-state index contributed by atoms with van der Waals surface area (Å²) in [5.41, 5.74) is 1.23. The van der Waals surface area contributed by atoms with Gasteiger partial charge in [-0.05, 0) is 43.1 Å². The number of ether oxygens (including phenoxy) is 1. The van der Waals surface area contributed by atoms with E-state index in [1.54, 1.807) is 0 Å². The van der Waals surface area contributed by atoms with Gasteiger partial charge in [0.15, 0.2) is 0 Å². The Morgan fingerprint density at radius 1 is 1.47 bits per heavy atom. The average molecular weight is 298 g/mol. The zero-order valence-corrected chi connectivity index (χ0v) is 11.9. The summed E-state index contributed by atoms with van der Waals surface area (Å²) in [5, 5.41) is 3.31. The fourth-order valence-electron chi connectivity index (χ4n) is 1.45. The van der Waals surface area contributed by atoms with Gasteiger partial charge >= 0.3 is 0 Å². The number of allylic oxidation sites excluding steroid dienone is 1. The van der Waals surface area contributed by atoms with Crippen LogP contribution in [0.3, 0.4) is 0 Å². The van der Waals surface area contributed by atoms with Crippen LogP contribution < -0.4 is 10.1 Å². The van der Waals surface area contributed by atoms with Crippen molar-refractivity contribution in [1.29, 1.82) is 0 Å². The van der Waals surface area contributed by atoms with Crippen LogP contribution in [0.1, 0.15) is 25.3 Å². The van der Waals surface area contributed by atoms with E-state index in [0.717, 1.165) is 42.8 Å². The summed E-state index contributed by atoms with van der Waals surface area (Å²) < 4.78 is 6.81. The number of unbranched alkanes of at least 4 members (excludes halogenated alkanes) is 1. The normalized spacial score (nSPS) is 10.2. The van der Waals surface area contributed by atoms with E-state index >= 15 is 0 Å². The molecule has 1 aromatic carbocycles. The van der Waals surface area contributed by atoms with Crippen molar-refractivity contribution in [3.8, 4) is 5.75 Å². The predicted octanol–water partition coefficient (Wildman–Crippen LogP) is 3.90. The van der Waals surface area contributed by atoms with Gasteiger partial charge in [-0.3, -0.25) is 0 Å². The first-order valence-electron chi connectivity index (χ1n) is 6.00. The molecule has 0 atom stereocenters. The zero-order valence-electron chi connectivity index (χ0n) is 10.3. The number of nitrogens with one attached hydrogen (secondary N) is 1. The summed E-state index contributed by atoms with van der Waals surface area (Å²) >= 11 is 3.54. The summed E-state index contributed by atoms with van der Waals surface area (Å²) in [5.74, 6) is 0.935. The Kier molecular flexibility index (Phi) is 6.97. The lowest BCUT2D eigenvalue weighted by Gasteiger charge is -2.09. The van der Waals surface area contributed by atoms with Gasteiger partial charge in [0.1, 0.15) is 5.75 Å².